The highest BCUT2D eigenvalue weighted by molar-refractivity contribution is 5.85. The third-order valence-corrected chi connectivity index (χ3v) is 2.95. The smallest absolute Gasteiger partial charge is 0.502 e. The number of carbonyl (C=O) groups is 1. The zero-order valence-electron chi connectivity index (χ0n) is 11.6. The lowest BCUT2D eigenvalue weighted by atomic mass is 10.2. The van der Waals surface area contributed by atoms with Crippen molar-refractivity contribution in [3.05, 3.63) is 64.5 Å². The average Bonchev–Trinajstić information content (AvgIpc) is 2.46. The molecule has 0 aliphatic carbocycles. The van der Waals surface area contributed by atoms with Gasteiger partial charge in [0.1, 0.15) is 5.69 Å². The molecule has 0 saturated carbocycles. The third-order valence-electron chi connectivity index (χ3n) is 2.95. The molecule has 2 rings (SSSR count). The van der Waals surface area contributed by atoms with Gasteiger partial charge in [0.15, 0.2) is 0 Å². The number of pyridine rings is 1. The van der Waals surface area contributed by atoms with Gasteiger partial charge in [-0.3, -0.25) is 10.1 Å². The van der Waals surface area contributed by atoms with Gasteiger partial charge in [0.25, 0.3) is 5.69 Å². The molecule has 0 unspecified atom stereocenters. The monoisotopic (exact) mass is 307 g/mol. The van der Waals surface area contributed by atoms with Crippen LogP contribution < -0.4 is 21.9 Å². The fraction of sp³-hybridized carbons (Fsp3) is 0.143. The van der Waals surface area contributed by atoms with Crippen molar-refractivity contribution in [2.75, 3.05) is 11.9 Å². The fourth-order valence-corrected chi connectivity index (χ4v) is 1.71. The molecule has 0 saturated heterocycles. The molecule has 7 heteroatoms. The summed E-state index contributed by atoms with van der Waals surface area (Å²) in [4.78, 5) is 23.8. The molecule has 0 aliphatic heterocycles. The lowest BCUT2D eigenvalue weighted by Gasteiger charge is -2.09. The van der Waals surface area contributed by atoms with Crippen LogP contribution in [0.4, 0.5) is 16.2 Å². The maximum Gasteiger partial charge on any atom is 0.502 e. The predicted molar refractivity (Wildman–Crippen MR) is 73.7 cm³/mol. The van der Waals surface area contributed by atoms with E-state index >= 15 is 0 Å². The van der Waals surface area contributed by atoms with E-state index in [0.29, 0.717) is 5.69 Å². The molecule has 6 nitrogen and oxygen atoms in total. The first-order valence-corrected chi connectivity index (χ1v) is 5.99. The van der Waals surface area contributed by atoms with Crippen molar-refractivity contribution in [1.29, 1.82) is 0 Å². The Kier molecular flexibility index (Phi) is 5.37. The number of nitrogens with zero attached hydrogens (tertiary/aromatic N) is 3. The van der Waals surface area contributed by atoms with Gasteiger partial charge < -0.3 is 12.4 Å². The highest BCUT2D eigenvalue weighted by Crippen LogP contribution is 2.18. The Labute approximate surface area is 128 Å². The van der Waals surface area contributed by atoms with Gasteiger partial charge in [0.05, 0.1) is 24.4 Å². The van der Waals surface area contributed by atoms with Crippen molar-refractivity contribution in [1.82, 2.24) is 0 Å². The first-order valence-electron chi connectivity index (χ1n) is 5.99. The largest absolute Gasteiger partial charge is 1.00 e. The van der Waals surface area contributed by atoms with E-state index in [1.165, 1.54) is 21.6 Å². The van der Waals surface area contributed by atoms with Gasteiger partial charge in [-0.05, 0) is 36.8 Å². The van der Waals surface area contributed by atoms with Gasteiger partial charge in [-0.25, -0.2) is 0 Å². The second kappa shape index (κ2) is 6.81. The molecule has 0 spiro atoms. The highest BCUT2D eigenvalue weighted by atomic mass is 35.5. The Balaban J connectivity index is 0.00000220. The number of anilines is 1. The fourth-order valence-electron chi connectivity index (χ4n) is 1.71. The number of nitro benzene ring substituents is 1. The van der Waals surface area contributed by atoms with Crippen LogP contribution in [-0.4, -0.2) is 18.0 Å². The van der Waals surface area contributed by atoms with Crippen LogP contribution >= 0.6 is 0 Å². The molecule has 0 atom stereocenters. The highest BCUT2D eigenvalue weighted by Gasteiger charge is 2.22. The molecule has 21 heavy (non-hydrogen) atoms. The summed E-state index contributed by atoms with van der Waals surface area (Å²) < 4.78 is 1.45. The number of carbonyl (C=O) groups excluding carboxylic acids is 1. The molecule has 0 radical (unpaired) electrons. The molecule has 110 valence electrons. The van der Waals surface area contributed by atoms with Gasteiger partial charge in [-0.1, -0.05) is 0 Å². The summed E-state index contributed by atoms with van der Waals surface area (Å²) in [7, 11) is 1.62. The number of hydrogen-bond donors (Lipinski definition) is 0. The van der Waals surface area contributed by atoms with Gasteiger partial charge in [-0.15, -0.1) is 0 Å². The number of rotatable bonds is 2. The Morgan fingerprint density at radius 2 is 1.67 bits per heavy atom. The normalized spacial score (nSPS) is 9.62. The molecule has 2 aromatic rings. The molecule has 0 fully saturated rings. The summed E-state index contributed by atoms with van der Waals surface area (Å²) in [6.07, 6.45) is 3.36. The van der Waals surface area contributed by atoms with Crippen molar-refractivity contribution < 1.29 is 26.7 Å². The minimum atomic E-state index is -0.472. The first kappa shape index (κ1) is 16.6. The van der Waals surface area contributed by atoms with Gasteiger partial charge in [0, 0.05) is 12.1 Å². The van der Waals surface area contributed by atoms with Crippen LogP contribution in [0, 0.1) is 17.0 Å². The van der Waals surface area contributed by atoms with Crippen molar-refractivity contribution in [2.45, 2.75) is 6.92 Å². The lowest BCUT2D eigenvalue weighted by Crippen LogP contribution is -3.00. The summed E-state index contributed by atoms with van der Waals surface area (Å²) in [5.74, 6) is 0. The number of aryl methyl sites for hydroxylation is 1. The molecule has 1 aromatic heterocycles. The van der Waals surface area contributed by atoms with Crippen LogP contribution in [0.15, 0.2) is 48.8 Å². The number of non-ortho nitro benzene ring substituents is 1. The topological polar surface area (TPSA) is 67.3 Å². The minimum absolute atomic E-state index is 0. The van der Waals surface area contributed by atoms with Crippen LogP contribution in [0.2, 0.25) is 0 Å². The zero-order valence-corrected chi connectivity index (χ0v) is 12.3. The molecule has 1 amide bonds. The first-order chi connectivity index (χ1) is 9.49. The third kappa shape index (κ3) is 3.76. The summed E-state index contributed by atoms with van der Waals surface area (Å²) in [5.41, 5.74) is 1.65. The van der Waals surface area contributed by atoms with E-state index in [4.69, 9.17) is 0 Å². The van der Waals surface area contributed by atoms with Crippen molar-refractivity contribution in [2.24, 2.45) is 0 Å². The summed E-state index contributed by atoms with van der Waals surface area (Å²) in [5, 5.41) is 10.6. The second-order valence-corrected chi connectivity index (χ2v) is 4.40. The second-order valence-electron chi connectivity index (χ2n) is 4.40. The van der Waals surface area contributed by atoms with E-state index in [1.807, 2.05) is 19.1 Å². The predicted octanol–water partition coefficient (Wildman–Crippen LogP) is -0.701. The molecule has 0 bridgehead atoms. The molecule has 1 heterocycles. The van der Waals surface area contributed by atoms with Gasteiger partial charge >= 0.3 is 6.03 Å². The van der Waals surface area contributed by atoms with Crippen molar-refractivity contribution in [3.8, 4) is 0 Å². The maximum absolute atomic E-state index is 12.2. The zero-order chi connectivity index (χ0) is 14.7. The van der Waals surface area contributed by atoms with Gasteiger partial charge in [0.2, 0.25) is 0 Å². The molecular weight excluding hydrogens is 294 g/mol. The van der Waals surface area contributed by atoms with E-state index in [-0.39, 0.29) is 24.1 Å². The summed E-state index contributed by atoms with van der Waals surface area (Å²) in [6, 6.07) is 9.27. The number of amides is 1. The lowest BCUT2D eigenvalue weighted by molar-refractivity contribution is -0.569. The molecule has 0 aliphatic rings. The number of aromatic nitrogens is 1. The van der Waals surface area contributed by atoms with Crippen LogP contribution in [0.5, 0.6) is 0 Å². The van der Waals surface area contributed by atoms with Crippen molar-refractivity contribution >= 4 is 17.4 Å². The number of halogens is 1. The Morgan fingerprint density at radius 1 is 1.14 bits per heavy atom. The minimum Gasteiger partial charge on any atom is -1.00 e. The quantitative estimate of drug-likeness (QED) is 0.418. The summed E-state index contributed by atoms with van der Waals surface area (Å²) in [6.45, 7) is 1.94. The number of nitro groups is 1. The molecular formula is C14H14ClN3O3. The van der Waals surface area contributed by atoms with Crippen molar-refractivity contribution in [3.63, 3.8) is 0 Å². The van der Waals surface area contributed by atoms with Crippen LogP contribution in [0.1, 0.15) is 5.56 Å². The average molecular weight is 308 g/mol. The van der Waals surface area contributed by atoms with E-state index in [0.717, 1.165) is 5.56 Å². The Bertz CT molecular complexity index is 642. The number of benzene rings is 1. The SMILES string of the molecule is Cc1cc[n+](C(=O)N(C)c2ccc([N+](=O)[O-])cc2)cc1.[Cl-]. The standard InChI is InChI=1S/C14H14N3O3.ClH/c1-11-7-9-16(10-8-11)14(18)15(2)12-3-5-13(6-4-12)17(19)20;/h3-10H,1-2H3;1H/q+1;/p-1. The molecule has 0 N–H and O–H groups in total. The Morgan fingerprint density at radius 3 is 2.14 bits per heavy atom. The van der Waals surface area contributed by atoms with E-state index in [9.17, 15) is 14.9 Å². The maximum atomic E-state index is 12.2. The Hall–Kier alpha value is -2.47. The summed E-state index contributed by atoms with van der Waals surface area (Å²) >= 11 is 0. The number of hydrogen-bond acceptors (Lipinski definition) is 3. The van der Waals surface area contributed by atoms with Crippen LogP contribution in [-0.2, 0) is 0 Å². The van der Waals surface area contributed by atoms with E-state index in [2.05, 4.69) is 0 Å². The molecule has 1 aromatic carbocycles. The van der Waals surface area contributed by atoms with Crippen LogP contribution in [0.3, 0.4) is 0 Å². The van der Waals surface area contributed by atoms with Crippen LogP contribution in [0.25, 0.3) is 0 Å². The van der Waals surface area contributed by atoms with Gasteiger partial charge in [-0.2, -0.15) is 14.3 Å². The van der Waals surface area contributed by atoms with E-state index < -0.39 is 4.92 Å². The van der Waals surface area contributed by atoms with E-state index in [1.54, 1.807) is 31.6 Å².